The van der Waals surface area contributed by atoms with Crippen LogP contribution in [-0.2, 0) is 11.3 Å². The minimum atomic E-state index is 0.239. The van der Waals surface area contributed by atoms with Crippen LogP contribution in [0.4, 0.5) is 0 Å². The summed E-state index contributed by atoms with van der Waals surface area (Å²) in [5, 5.41) is 0. The number of hydrogen-bond donors (Lipinski definition) is 0. The van der Waals surface area contributed by atoms with Gasteiger partial charge >= 0.3 is 0 Å². The summed E-state index contributed by atoms with van der Waals surface area (Å²) in [6.07, 6.45) is 2.14. The molecule has 14 heavy (non-hydrogen) atoms. The third-order valence-electron chi connectivity index (χ3n) is 2.54. The van der Waals surface area contributed by atoms with Gasteiger partial charge in [-0.3, -0.25) is 0 Å². The summed E-state index contributed by atoms with van der Waals surface area (Å²) in [5.74, 6) is 0.495. The number of aromatic nitrogens is 2. The Morgan fingerprint density at radius 1 is 1.43 bits per heavy atom. The van der Waals surface area contributed by atoms with Gasteiger partial charge in [-0.25, -0.2) is 4.98 Å². The van der Waals surface area contributed by atoms with Gasteiger partial charge in [0.1, 0.15) is 0 Å². The van der Waals surface area contributed by atoms with Crippen LogP contribution >= 0.6 is 0 Å². The van der Waals surface area contributed by atoms with Crippen LogP contribution in [0.15, 0.2) is 6.33 Å². The van der Waals surface area contributed by atoms with E-state index in [1.54, 1.807) is 7.11 Å². The quantitative estimate of drug-likeness (QED) is 0.739. The monoisotopic (exact) mass is 196 g/mol. The van der Waals surface area contributed by atoms with E-state index in [2.05, 4.69) is 37.2 Å². The number of hydrogen-bond acceptors (Lipinski definition) is 2. The molecule has 1 heterocycles. The van der Waals surface area contributed by atoms with Gasteiger partial charge in [0.15, 0.2) is 0 Å². The van der Waals surface area contributed by atoms with Crippen LogP contribution in [0.2, 0.25) is 0 Å². The molecule has 80 valence electrons. The molecule has 0 aromatic carbocycles. The molecule has 0 aliphatic heterocycles. The highest BCUT2D eigenvalue weighted by Gasteiger charge is 2.11. The molecule has 0 saturated carbocycles. The Balaban J connectivity index is 2.79. The van der Waals surface area contributed by atoms with Crippen LogP contribution in [0.1, 0.15) is 38.1 Å². The van der Waals surface area contributed by atoms with Gasteiger partial charge in [0.2, 0.25) is 0 Å². The zero-order valence-electron chi connectivity index (χ0n) is 9.74. The second-order valence-electron chi connectivity index (χ2n) is 4.07. The minimum absolute atomic E-state index is 0.239. The summed E-state index contributed by atoms with van der Waals surface area (Å²) in [5.41, 5.74) is 2.44. The fourth-order valence-electron chi connectivity index (χ4n) is 1.56. The lowest BCUT2D eigenvalue weighted by Crippen LogP contribution is -2.15. The minimum Gasteiger partial charge on any atom is -0.380 e. The number of ether oxygens (including phenoxy) is 1. The van der Waals surface area contributed by atoms with Gasteiger partial charge in [0.25, 0.3) is 0 Å². The second-order valence-corrected chi connectivity index (χ2v) is 4.07. The molecule has 0 saturated heterocycles. The molecular weight excluding hydrogens is 176 g/mol. The maximum atomic E-state index is 5.23. The standard InChI is InChI=1S/C11H20N2O/c1-8(2)11-10(4)13(7-12-11)6-9(3)14-5/h7-9H,6H2,1-5H3. The molecule has 0 aliphatic carbocycles. The average molecular weight is 196 g/mol. The van der Waals surface area contributed by atoms with Gasteiger partial charge in [-0.2, -0.15) is 0 Å². The lowest BCUT2D eigenvalue weighted by molar-refractivity contribution is 0.103. The van der Waals surface area contributed by atoms with E-state index >= 15 is 0 Å². The Bertz CT molecular complexity index is 291. The van der Waals surface area contributed by atoms with Crippen LogP contribution in [0.25, 0.3) is 0 Å². The fraction of sp³-hybridized carbons (Fsp3) is 0.727. The van der Waals surface area contributed by atoms with Crippen molar-refractivity contribution in [3.63, 3.8) is 0 Å². The molecular formula is C11H20N2O. The van der Waals surface area contributed by atoms with Gasteiger partial charge in [-0.15, -0.1) is 0 Å². The number of methoxy groups -OCH3 is 1. The summed E-state index contributed by atoms with van der Waals surface area (Å²) in [7, 11) is 1.74. The Morgan fingerprint density at radius 2 is 2.07 bits per heavy atom. The van der Waals surface area contributed by atoms with Crippen molar-refractivity contribution >= 4 is 0 Å². The van der Waals surface area contributed by atoms with E-state index in [1.807, 2.05) is 6.33 Å². The van der Waals surface area contributed by atoms with Crippen LogP contribution < -0.4 is 0 Å². The van der Waals surface area contributed by atoms with Crippen molar-refractivity contribution in [1.82, 2.24) is 9.55 Å². The first-order valence-corrected chi connectivity index (χ1v) is 5.10. The molecule has 1 aromatic heterocycles. The first-order valence-electron chi connectivity index (χ1n) is 5.10. The Labute approximate surface area is 86.1 Å². The third kappa shape index (κ3) is 2.35. The molecule has 0 amide bonds. The normalized spacial score (nSPS) is 13.6. The summed E-state index contributed by atoms with van der Waals surface area (Å²) in [6, 6.07) is 0. The molecule has 0 fully saturated rings. The van der Waals surface area contributed by atoms with E-state index in [1.165, 1.54) is 11.4 Å². The molecule has 0 N–H and O–H groups in total. The van der Waals surface area contributed by atoms with Crippen molar-refractivity contribution in [3.05, 3.63) is 17.7 Å². The Kier molecular flexibility index (Phi) is 3.69. The van der Waals surface area contributed by atoms with E-state index in [0.717, 1.165) is 6.54 Å². The van der Waals surface area contributed by atoms with Crippen LogP contribution in [-0.4, -0.2) is 22.8 Å². The molecule has 0 aliphatic rings. The summed E-state index contributed by atoms with van der Waals surface area (Å²) >= 11 is 0. The van der Waals surface area contributed by atoms with Crippen LogP contribution in [0, 0.1) is 6.92 Å². The Morgan fingerprint density at radius 3 is 2.50 bits per heavy atom. The summed E-state index contributed by atoms with van der Waals surface area (Å²) < 4.78 is 7.39. The molecule has 1 atom stereocenters. The maximum Gasteiger partial charge on any atom is 0.0952 e. The predicted molar refractivity (Wildman–Crippen MR) is 57.5 cm³/mol. The molecule has 0 radical (unpaired) electrons. The summed E-state index contributed by atoms with van der Waals surface area (Å²) in [4.78, 5) is 4.41. The number of rotatable bonds is 4. The van der Waals surface area contributed by atoms with E-state index in [-0.39, 0.29) is 6.10 Å². The van der Waals surface area contributed by atoms with E-state index in [9.17, 15) is 0 Å². The van der Waals surface area contributed by atoms with Crippen LogP contribution in [0.3, 0.4) is 0 Å². The fourth-order valence-corrected chi connectivity index (χ4v) is 1.56. The highest BCUT2D eigenvalue weighted by atomic mass is 16.5. The molecule has 0 spiro atoms. The molecule has 1 rings (SSSR count). The molecule has 1 unspecified atom stereocenters. The number of imidazole rings is 1. The number of nitrogens with zero attached hydrogens (tertiary/aromatic N) is 2. The van der Waals surface area contributed by atoms with Crippen molar-refractivity contribution < 1.29 is 4.74 Å². The average Bonchev–Trinajstić information content (AvgIpc) is 2.48. The zero-order chi connectivity index (χ0) is 10.7. The topological polar surface area (TPSA) is 27.1 Å². The summed E-state index contributed by atoms with van der Waals surface area (Å²) in [6.45, 7) is 9.39. The third-order valence-corrected chi connectivity index (χ3v) is 2.54. The van der Waals surface area contributed by atoms with E-state index < -0.39 is 0 Å². The van der Waals surface area contributed by atoms with E-state index in [0.29, 0.717) is 5.92 Å². The van der Waals surface area contributed by atoms with Crippen molar-refractivity contribution in [3.8, 4) is 0 Å². The van der Waals surface area contributed by atoms with Gasteiger partial charge in [0, 0.05) is 19.3 Å². The molecule has 0 bridgehead atoms. The smallest absolute Gasteiger partial charge is 0.0952 e. The molecule has 1 aromatic rings. The first-order chi connectivity index (χ1) is 6.56. The molecule has 3 nitrogen and oxygen atoms in total. The van der Waals surface area contributed by atoms with Gasteiger partial charge in [-0.05, 0) is 19.8 Å². The van der Waals surface area contributed by atoms with Crippen molar-refractivity contribution in [2.45, 2.75) is 46.3 Å². The second kappa shape index (κ2) is 4.60. The van der Waals surface area contributed by atoms with Gasteiger partial charge in [-0.1, -0.05) is 13.8 Å². The lowest BCUT2D eigenvalue weighted by atomic mass is 10.1. The molecule has 3 heteroatoms. The zero-order valence-corrected chi connectivity index (χ0v) is 9.74. The largest absolute Gasteiger partial charge is 0.380 e. The lowest BCUT2D eigenvalue weighted by Gasteiger charge is -2.12. The van der Waals surface area contributed by atoms with Crippen molar-refractivity contribution in [2.24, 2.45) is 0 Å². The van der Waals surface area contributed by atoms with Gasteiger partial charge < -0.3 is 9.30 Å². The first kappa shape index (κ1) is 11.2. The van der Waals surface area contributed by atoms with E-state index in [4.69, 9.17) is 4.74 Å². The van der Waals surface area contributed by atoms with Crippen molar-refractivity contribution in [1.29, 1.82) is 0 Å². The predicted octanol–water partition coefficient (Wildman–Crippen LogP) is 2.35. The van der Waals surface area contributed by atoms with Crippen molar-refractivity contribution in [2.75, 3.05) is 7.11 Å². The van der Waals surface area contributed by atoms with Gasteiger partial charge in [0.05, 0.1) is 18.1 Å². The maximum absolute atomic E-state index is 5.23. The Hall–Kier alpha value is -0.830. The highest BCUT2D eigenvalue weighted by Crippen LogP contribution is 2.17. The SMILES string of the molecule is COC(C)Cn1cnc(C(C)C)c1C. The van der Waals surface area contributed by atoms with Crippen LogP contribution in [0.5, 0.6) is 0 Å². The highest BCUT2D eigenvalue weighted by molar-refractivity contribution is 5.14.